The summed E-state index contributed by atoms with van der Waals surface area (Å²) in [6, 6.07) is 3.56. The van der Waals surface area contributed by atoms with Crippen LogP contribution in [-0.2, 0) is 12.4 Å². The highest BCUT2D eigenvalue weighted by molar-refractivity contribution is 7.13. The van der Waals surface area contributed by atoms with Crippen LogP contribution in [0.4, 0.5) is 26.3 Å². The van der Waals surface area contributed by atoms with Gasteiger partial charge in [-0.15, -0.1) is 11.3 Å². The molecule has 0 spiro atoms. The number of hydrogen-bond donors (Lipinski definition) is 0. The van der Waals surface area contributed by atoms with Gasteiger partial charge in [0.15, 0.2) is 0 Å². The Balaban J connectivity index is 2.62. The fourth-order valence-corrected chi connectivity index (χ4v) is 2.08. The van der Waals surface area contributed by atoms with Crippen LogP contribution in [0.2, 0.25) is 0 Å². The second kappa shape index (κ2) is 4.52. The molecule has 8 heteroatoms. The largest absolute Gasteiger partial charge is 0.433 e. The number of aromatic nitrogens is 1. The van der Waals surface area contributed by atoms with Gasteiger partial charge in [-0.05, 0) is 23.6 Å². The summed E-state index contributed by atoms with van der Waals surface area (Å²) in [6.45, 7) is 0. The summed E-state index contributed by atoms with van der Waals surface area (Å²) in [4.78, 5) is 3.49. The van der Waals surface area contributed by atoms with E-state index in [-0.39, 0.29) is 16.6 Å². The summed E-state index contributed by atoms with van der Waals surface area (Å²) in [6.07, 6.45) is -9.78. The highest BCUT2D eigenvalue weighted by atomic mass is 32.1. The molecule has 0 aromatic carbocycles. The first-order valence-electron chi connectivity index (χ1n) is 4.88. The number of rotatable bonds is 1. The van der Waals surface area contributed by atoms with Crippen molar-refractivity contribution in [2.24, 2.45) is 0 Å². The van der Waals surface area contributed by atoms with Crippen LogP contribution in [-0.4, -0.2) is 4.98 Å². The fourth-order valence-electron chi connectivity index (χ4n) is 1.39. The first kappa shape index (κ1) is 13.9. The lowest BCUT2D eigenvalue weighted by atomic mass is 10.1. The number of thiophene rings is 1. The molecule has 102 valence electrons. The molecule has 0 radical (unpaired) electrons. The number of pyridine rings is 1. The van der Waals surface area contributed by atoms with Crippen LogP contribution in [0.15, 0.2) is 29.6 Å². The molecule has 19 heavy (non-hydrogen) atoms. The Morgan fingerprint density at radius 2 is 1.63 bits per heavy atom. The average molecular weight is 297 g/mol. The minimum atomic E-state index is -4.92. The van der Waals surface area contributed by atoms with Crippen LogP contribution in [0.1, 0.15) is 11.3 Å². The molecule has 2 aromatic rings. The van der Waals surface area contributed by atoms with Crippen molar-refractivity contribution < 1.29 is 26.3 Å². The highest BCUT2D eigenvalue weighted by Crippen LogP contribution is 2.37. The van der Waals surface area contributed by atoms with Crippen molar-refractivity contribution in [2.75, 3.05) is 0 Å². The molecule has 0 fully saturated rings. The first-order chi connectivity index (χ1) is 8.68. The molecule has 1 nitrogen and oxygen atoms in total. The van der Waals surface area contributed by atoms with Gasteiger partial charge in [-0.25, -0.2) is 4.98 Å². The lowest BCUT2D eigenvalue weighted by molar-refractivity contribution is -0.145. The van der Waals surface area contributed by atoms with Crippen molar-refractivity contribution in [3.63, 3.8) is 0 Å². The maximum absolute atomic E-state index is 12.6. The van der Waals surface area contributed by atoms with E-state index in [1.165, 1.54) is 12.1 Å². The standard InChI is InChI=1S/C11H5F6NS/c12-10(13,14)6-4-7(8-2-1-3-19-8)18-9(5-6)11(15,16)17/h1-5H. The Labute approximate surface area is 107 Å². The summed E-state index contributed by atoms with van der Waals surface area (Å²) >= 11 is 1.02. The molecule has 2 heterocycles. The molecular formula is C11H5F6NS. The van der Waals surface area contributed by atoms with Crippen LogP contribution in [0.25, 0.3) is 10.6 Å². The van der Waals surface area contributed by atoms with Crippen molar-refractivity contribution in [3.8, 4) is 10.6 Å². The smallest absolute Gasteiger partial charge is 0.242 e. The van der Waals surface area contributed by atoms with E-state index in [1.54, 1.807) is 5.38 Å². The van der Waals surface area contributed by atoms with E-state index in [2.05, 4.69) is 4.98 Å². The van der Waals surface area contributed by atoms with Crippen LogP contribution in [0, 0.1) is 0 Å². The number of hydrogen-bond acceptors (Lipinski definition) is 2. The van der Waals surface area contributed by atoms with Gasteiger partial charge < -0.3 is 0 Å². The van der Waals surface area contributed by atoms with Gasteiger partial charge in [0, 0.05) is 0 Å². The monoisotopic (exact) mass is 297 g/mol. The van der Waals surface area contributed by atoms with Gasteiger partial charge in [0.2, 0.25) is 0 Å². The summed E-state index contributed by atoms with van der Waals surface area (Å²) < 4.78 is 75.4. The Kier molecular flexibility index (Phi) is 3.29. The van der Waals surface area contributed by atoms with E-state index in [0.29, 0.717) is 6.07 Å². The highest BCUT2D eigenvalue weighted by Gasteiger charge is 2.38. The van der Waals surface area contributed by atoms with Crippen LogP contribution in [0.3, 0.4) is 0 Å². The molecule has 0 saturated carbocycles. The first-order valence-corrected chi connectivity index (χ1v) is 5.76. The van der Waals surface area contributed by atoms with Crippen molar-refractivity contribution >= 4 is 11.3 Å². The second-order valence-corrected chi connectivity index (χ2v) is 4.55. The lowest BCUT2D eigenvalue weighted by Gasteiger charge is -2.12. The zero-order valence-corrected chi connectivity index (χ0v) is 9.83. The third-order valence-corrected chi connectivity index (χ3v) is 3.11. The van der Waals surface area contributed by atoms with Crippen molar-refractivity contribution in [1.29, 1.82) is 0 Å². The molecular weight excluding hydrogens is 292 g/mol. The minimum Gasteiger partial charge on any atom is -0.242 e. The second-order valence-electron chi connectivity index (χ2n) is 3.60. The molecule has 0 aliphatic carbocycles. The Bertz CT molecular complexity index is 538. The van der Waals surface area contributed by atoms with E-state index in [0.717, 1.165) is 11.3 Å². The minimum absolute atomic E-state index is 0.0110. The molecule has 0 bridgehead atoms. The summed E-state index contributed by atoms with van der Waals surface area (Å²) in [5.41, 5.74) is -3.25. The van der Waals surface area contributed by atoms with Gasteiger partial charge >= 0.3 is 12.4 Å². The quantitative estimate of drug-likeness (QED) is 0.686. The van der Waals surface area contributed by atoms with E-state index in [4.69, 9.17) is 0 Å². The van der Waals surface area contributed by atoms with Gasteiger partial charge in [0.05, 0.1) is 16.1 Å². The van der Waals surface area contributed by atoms with Crippen molar-refractivity contribution in [3.05, 3.63) is 40.9 Å². The van der Waals surface area contributed by atoms with Crippen LogP contribution < -0.4 is 0 Å². The number of alkyl halides is 6. The lowest BCUT2D eigenvalue weighted by Crippen LogP contribution is -2.13. The molecule has 0 aliphatic rings. The van der Waals surface area contributed by atoms with E-state index >= 15 is 0 Å². The van der Waals surface area contributed by atoms with Crippen LogP contribution in [0.5, 0.6) is 0 Å². The Morgan fingerprint density at radius 1 is 0.947 bits per heavy atom. The van der Waals surface area contributed by atoms with E-state index < -0.39 is 23.6 Å². The molecule has 0 unspecified atom stereocenters. The average Bonchev–Trinajstić information content (AvgIpc) is 2.79. The van der Waals surface area contributed by atoms with Crippen molar-refractivity contribution in [1.82, 2.24) is 4.98 Å². The molecule has 0 amide bonds. The topological polar surface area (TPSA) is 12.9 Å². The number of nitrogens with zero attached hydrogens (tertiary/aromatic N) is 1. The number of halogens is 6. The maximum atomic E-state index is 12.6. The molecule has 0 saturated heterocycles. The van der Waals surface area contributed by atoms with Gasteiger partial charge in [0.1, 0.15) is 5.69 Å². The fraction of sp³-hybridized carbons (Fsp3) is 0.182. The van der Waals surface area contributed by atoms with Gasteiger partial charge in [-0.3, -0.25) is 0 Å². The predicted octanol–water partition coefficient (Wildman–Crippen LogP) is 4.85. The molecule has 2 aromatic heterocycles. The molecule has 0 atom stereocenters. The van der Waals surface area contributed by atoms with E-state index in [9.17, 15) is 26.3 Å². The zero-order chi connectivity index (χ0) is 14.3. The normalized spacial score (nSPS) is 12.7. The Hall–Kier alpha value is -1.57. The van der Waals surface area contributed by atoms with Gasteiger partial charge in [-0.1, -0.05) is 6.07 Å². The van der Waals surface area contributed by atoms with Crippen molar-refractivity contribution in [2.45, 2.75) is 12.4 Å². The third kappa shape index (κ3) is 3.06. The molecule has 0 N–H and O–H groups in total. The SMILES string of the molecule is FC(F)(F)c1cc(-c2cccs2)nc(C(F)(F)F)c1. The summed E-state index contributed by atoms with van der Waals surface area (Å²) in [5.74, 6) is 0. The van der Waals surface area contributed by atoms with Crippen LogP contribution >= 0.6 is 11.3 Å². The molecule has 2 rings (SSSR count). The van der Waals surface area contributed by atoms with E-state index in [1.807, 2.05) is 0 Å². The third-order valence-electron chi connectivity index (χ3n) is 2.22. The van der Waals surface area contributed by atoms with Gasteiger partial charge in [0.25, 0.3) is 0 Å². The zero-order valence-electron chi connectivity index (χ0n) is 9.01. The summed E-state index contributed by atoms with van der Waals surface area (Å²) in [7, 11) is 0. The summed E-state index contributed by atoms with van der Waals surface area (Å²) in [5, 5.41) is 1.55. The Morgan fingerprint density at radius 3 is 2.11 bits per heavy atom. The predicted molar refractivity (Wildman–Crippen MR) is 57.6 cm³/mol. The maximum Gasteiger partial charge on any atom is 0.433 e. The molecule has 0 aliphatic heterocycles. The van der Waals surface area contributed by atoms with Gasteiger partial charge in [-0.2, -0.15) is 26.3 Å².